The summed E-state index contributed by atoms with van der Waals surface area (Å²) in [7, 11) is 1.99. The van der Waals surface area contributed by atoms with Gasteiger partial charge in [-0.05, 0) is 18.9 Å². The van der Waals surface area contributed by atoms with E-state index in [1.807, 2.05) is 17.9 Å². The second kappa shape index (κ2) is 5.28. The van der Waals surface area contributed by atoms with Gasteiger partial charge in [-0.15, -0.1) is 0 Å². The first-order valence-electron chi connectivity index (χ1n) is 5.64. The third-order valence-electron chi connectivity index (χ3n) is 2.96. The molecule has 4 heteroatoms. The van der Waals surface area contributed by atoms with Gasteiger partial charge in [-0.25, -0.2) is 0 Å². The molecule has 0 unspecified atom stereocenters. The number of nitrogens with zero attached hydrogens (tertiary/aromatic N) is 2. The van der Waals surface area contributed by atoms with Crippen molar-refractivity contribution in [3.05, 3.63) is 18.0 Å². The number of aryl methyl sites for hydroxylation is 1. The first kappa shape index (κ1) is 10.6. The molecule has 1 aliphatic rings. The topological polar surface area (TPSA) is 39.1 Å². The summed E-state index contributed by atoms with van der Waals surface area (Å²) in [4.78, 5) is 0. The van der Waals surface area contributed by atoms with Gasteiger partial charge in [-0.3, -0.25) is 4.68 Å². The molecule has 1 N–H and O–H groups in total. The number of hydrogen-bond acceptors (Lipinski definition) is 3. The summed E-state index contributed by atoms with van der Waals surface area (Å²) in [6, 6.07) is 2.72. The van der Waals surface area contributed by atoms with Crippen molar-refractivity contribution in [3.8, 4) is 0 Å². The van der Waals surface area contributed by atoms with Crippen LogP contribution in [0.25, 0.3) is 0 Å². The summed E-state index contributed by atoms with van der Waals surface area (Å²) in [6.45, 7) is 2.84. The average Bonchev–Trinajstić information content (AvgIpc) is 2.66. The molecule has 0 saturated carbocycles. The smallest absolute Gasteiger partial charge is 0.0492 e. The van der Waals surface area contributed by atoms with Gasteiger partial charge in [0.1, 0.15) is 0 Å². The molecule has 1 aromatic heterocycles. The van der Waals surface area contributed by atoms with Crippen LogP contribution in [0.15, 0.2) is 12.3 Å². The molecule has 0 spiro atoms. The van der Waals surface area contributed by atoms with Crippen LogP contribution >= 0.6 is 0 Å². The molecule has 84 valence electrons. The van der Waals surface area contributed by atoms with Crippen LogP contribution < -0.4 is 5.32 Å². The Labute approximate surface area is 90.6 Å². The zero-order valence-corrected chi connectivity index (χ0v) is 9.28. The van der Waals surface area contributed by atoms with E-state index in [0.717, 1.165) is 39.0 Å². The van der Waals surface area contributed by atoms with Crippen LogP contribution in [-0.4, -0.2) is 35.6 Å². The van der Waals surface area contributed by atoms with E-state index in [9.17, 15) is 0 Å². The van der Waals surface area contributed by atoms with Gasteiger partial charge in [0.25, 0.3) is 0 Å². The van der Waals surface area contributed by atoms with E-state index in [0.29, 0.717) is 6.04 Å². The van der Waals surface area contributed by atoms with E-state index < -0.39 is 0 Å². The number of hydrogen-bond donors (Lipinski definition) is 1. The first-order valence-corrected chi connectivity index (χ1v) is 5.64. The van der Waals surface area contributed by atoms with Gasteiger partial charge in [0, 0.05) is 51.2 Å². The zero-order valence-electron chi connectivity index (χ0n) is 9.28. The minimum Gasteiger partial charge on any atom is -0.381 e. The number of nitrogens with one attached hydrogen (secondary N) is 1. The van der Waals surface area contributed by atoms with Crippen LogP contribution in [0, 0.1) is 0 Å². The highest BCUT2D eigenvalue weighted by molar-refractivity contribution is 5.00. The monoisotopic (exact) mass is 209 g/mol. The lowest BCUT2D eigenvalue weighted by molar-refractivity contribution is 0.0782. The molecule has 1 aliphatic heterocycles. The van der Waals surface area contributed by atoms with Gasteiger partial charge >= 0.3 is 0 Å². The highest BCUT2D eigenvalue weighted by atomic mass is 16.5. The normalized spacial score (nSPS) is 18.2. The lowest BCUT2D eigenvalue weighted by Gasteiger charge is -2.23. The van der Waals surface area contributed by atoms with E-state index in [1.165, 1.54) is 5.69 Å². The highest BCUT2D eigenvalue weighted by Crippen LogP contribution is 2.06. The Bertz CT molecular complexity index is 292. The quantitative estimate of drug-likeness (QED) is 0.794. The molecular formula is C11H19N3O. The molecule has 0 aliphatic carbocycles. The van der Waals surface area contributed by atoms with Gasteiger partial charge in [0.15, 0.2) is 0 Å². The summed E-state index contributed by atoms with van der Waals surface area (Å²) in [6.07, 6.45) is 5.19. The molecule has 2 rings (SSSR count). The summed E-state index contributed by atoms with van der Waals surface area (Å²) >= 11 is 0. The number of ether oxygens (including phenoxy) is 1. The van der Waals surface area contributed by atoms with Gasteiger partial charge in [0.05, 0.1) is 0 Å². The van der Waals surface area contributed by atoms with Crippen LogP contribution in [-0.2, 0) is 18.2 Å². The minimum atomic E-state index is 0.645. The van der Waals surface area contributed by atoms with E-state index in [2.05, 4.69) is 16.5 Å². The summed E-state index contributed by atoms with van der Waals surface area (Å²) in [5.74, 6) is 0. The van der Waals surface area contributed by atoms with Crippen LogP contribution in [0.2, 0.25) is 0 Å². The maximum absolute atomic E-state index is 5.32. The molecule has 1 aromatic rings. The standard InChI is InChI=1S/C11H19N3O/c1-14-11(3-7-13-14)2-6-12-10-4-8-15-9-5-10/h3,7,10,12H,2,4-6,8-9H2,1H3. The zero-order chi connectivity index (χ0) is 10.5. The molecule has 1 fully saturated rings. The lowest BCUT2D eigenvalue weighted by Crippen LogP contribution is -2.36. The average molecular weight is 209 g/mol. The summed E-state index contributed by atoms with van der Waals surface area (Å²) < 4.78 is 7.25. The molecule has 0 bridgehead atoms. The highest BCUT2D eigenvalue weighted by Gasteiger charge is 2.12. The summed E-state index contributed by atoms with van der Waals surface area (Å²) in [5.41, 5.74) is 1.29. The Hall–Kier alpha value is -0.870. The Morgan fingerprint density at radius 2 is 2.33 bits per heavy atom. The largest absolute Gasteiger partial charge is 0.381 e. The van der Waals surface area contributed by atoms with Gasteiger partial charge in [0.2, 0.25) is 0 Å². The fourth-order valence-electron chi connectivity index (χ4n) is 1.95. The van der Waals surface area contributed by atoms with Crippen LogP contribution in [0.5, 0.6) is 0 Å². The Morgan fingerprint density at radius 1 is 1.53 bits per heavy atom. The van der Waals surface area contributed by atoms with Crippen molar-refractivity contribution in [2.24, 2.45) is 7.05 Å². The van der Waals surface area contributed by atoms with Gasteiger partial charge < -0.3 is 10.1 Å². The number of aromatic nitrogens is 2. The fourth-order valence-corrected chi connectivity index (χ4v) is 1.95. The molecule has 0 amide bonds. The second-order valence-electron chi connectivity index (χ2n) is 4.04. The number of rotatable bonds is 4. The van der Waals surface area contributed by atoms with E-state index in [4.69, 9.17) is 4.74 Å². The maximum Gasteiger partial charge on any atom is 0.0492 e. The summed E-state index contributed by atoms with van der Waals surface area (Å²) in [5, 5.41) is 7.72. The predicted molar refractivity (Wildman–Crippen MR) is 58.8 cm³/mol. The first-order chi connectivity index (χ1) is 7.36. The molecule has 4 nitrogen and oxygen atoms in total. The van der Waals surface area contributed by atoms with Crippen molar-refractivity contribution >= 4 is 0 Å². The van der Waals surface area contributed by atoms with Crippen molar-refractivity contribution < 1.29 is 4.74 Å². The third kappa shape index (κ3) is 3.04. The second-order valence-corrected chi connectivity index (χ2v) is 4.04. The third-order valence-corrected chi connectivity index (χ3v) is 2.96. The van der Waals surface area contributed by atoms with Crippen LogP contribution in [0.4, 0.5) is 0 Å². The minimum absolute atomic E-state index is 0.645. The van der Waals surface area contributed by atoms with Crippen molar-refractivity contribution in [1.82, 2.24) is 15.1 Å². The molecule has 0 radical (unpaired) electrons. The van der Waals surface area contributed by atoms with Gasteiger partial charge in [-0.1, -0.05) is 0 Å². The molecule has 15 heavy (non-hydrogen) atoms. The fraction of sp³-hybridized carbons (Fsp3) is 0.727. The maximum atomic E-state index is 5.32. The SMILES string of the molecule is Cn1nccc1CCNC1CCOCC1. The Kier molecular flexibility index (Phi) is 3.75. The lowest BCUT2D eigenvalue weighted by atomic mass is 10.1. The molecule has 0 aromatic carbocycles. The molecule has 2 heterocycles. The Balaban J connectivity index is 1.68. The predicted octanol–water partition coefficient (Wildman–Crippen LogP) is 0.731. The van der Waals surface area contributed by atoms with Crippen LogP contribution in [0.3, 0.4) is 0 Å². The molecular weight excluding hydrogens is 190 g/mol. The van der Waals surface area contributed by atoms with Crippen molar-refractivity contribution in [2.45, 2.75) is 25.3 Å². The van der Waals surface area contributed by atoms with E-state index in [1.54, 1.807) is 0 Å². The van der Waals surface area contributed by atoms with Crippen molar-refractivity contribution in [1.29, 1.82) is 0 Å². The van der Waals surface area contributed by atoms with Gasteiger partial charge in [-0.2, -0.15) is 5.10 Å². The van der Waals surface area contributed by atoms with Crippen molar-refractivity contribution in [3.63, 3.8) is 0 Å². The molecule has 1 saturated heterocycles. The Morgan fingerprint density at radius 3 is 3.00 bits per heavy atom. The van der Waals surface area contributed by atoms with E-state index >= 15 is 0 Å². The molecule has 0 atom stereocenters. The van der Waals surface area contributed by atoms with Crippen molar-refractivity contribution in [2.75, 3.05) is 19.8 Å². The van der Waals surface area contributed by atoms with Crippen LogP contribution in [0.1, 0.15) is 18.5 Å². The van der Waals surface area contributed by atoms with E-state index in [-0.39, 0.29) is 0 Å².